The molecule has 5 aromatic rings. The fourth-order valence-electron chi connectivity index (χ4n) is 5.12. The van der Waals surface area contributed by atoms with E-state index in [9.17, 15) is 35.4 Å². The van der Waals surface area contributed by atoms with Crippen molar-refractivity contribution in [1.82, 2.24) is 14.4 Å². The molecule has 44 heavy (non-hydrogen) atoms. The SMILES string of the molecule is O=C(O)[C@H]1O[C@@H](Oc2c(Cc3ccc(O)cc3)nc3c(Cc4ccccc4)nc(-c4ccc(O)cc4)cn23)[C@H](O)[C@@H](O)[C@@H]1O. The summed E-state index contributed by atoms with van der Waals surface area (Å²) in [5.74, 6) is -1.29. The number of phenolic OH excluding ortho intramolecular Hbond substituents is 2. The lowest BCUT2D eigenvalue weighted by molar-refractivity contribution is -0.272. The van der Waals surface area contributed by atoms with E-state index in [2.05, 4.69) is 0 Å². The Bertz CT molecular complexity index is 1780. The summed E-state index contributed by atoms with van der Waals surface area (Å²) < 4.78 is 13.2. The third kappa shape index (κ3) is 5.79. The molecule has 3 aromatic carbocycles. The van der Waals surface area contributed by atoms with Crippen LogP contribution in [0.4, 0.5) is 0 Å². The van der Waals surface area contributed by atoms with Crippen LogP contribution in [0.2, 0.25) is 0 Å². The Morgan fingerprint density at radius 1 is 0.773 bits per heavy atom. The second kappa shape index (κ2) is 11.9. The smallest absolute Gasteiger partial charge is 0.335 e. The molecular weight excluding hydrogens is 570 g/mol. The number of carbonyl (C=O) groups is 1. The van der Waals surface area contributed by atoms with Crippen molar-refractivity contribution in [2.24, 2.45) is 0 Å². The van der Waals surface area contributed by atoms with Gasteiger partial charge in [-0.1, -0.05) is 42.5 Å². The van der Waals surface area contributed by atoms with E-state index in [1.54, 1.807) is 34.9 Å². The zero-order chi connectivity index (χ0) is 31.0. The van der Waals surface area contributed by atoms with Gasteiger partial charge in [-0.15, -0.1) is 0 Å². The molecular formula is C32H29N3O9. The van der Waals surface area contributed by atoms with E-state index in [4.69, 9.17) is 19.4 Å². The van der Waals surface area contributed by atoms with E-state index in [0.717, 1.165) is 11.1 Å². The maximum absolute atomic E-state index is 11.8. The minimum atomic E-state index is -1.89. The highest BCUT2D eigenvalue weighted by Gasteiger charge is 2.48. The summed E-state index contributed by atoms with van der Waals surface area (Å²) in [6.45, 7) is 0. The Kier molecular flexibility index (Phi) is 7.89. The van der Waals surface area contributed by atoms with Crippen LogP contribution in [-0.4, -0.2) is 81.7 Å². The zero-order valence-electron chi connectivity index (χ0n) is 23.1. The Balaban J connectivity index is 1.52. The third-order valence-corrected chi connectivity index (χ3v) is 7.43. The molecule has 12 nitrogen and oxygen atoms in total. The molecule has 0 saturated carbocycles. The van der Waals surface area contributed by atoms with Crippen LogP contribution < -0.4 is 4.74 Å². The first kappa shape index (κ1) is 29.1. The van der Waals surface area contributed by atoms with Gasteiger partial charge in [0.15, 0.2) is 11.8 Å². The lowest BCUT2D eigenvalue weighted by Gasteiger charge is -2.38. The number of aliphatic carboxylic acids is 1. The summed E-state index contributed by atoms with van der Waals surface area (Å²) in [5, 5.41) is 60.6. The lowest BCUT2D eigenvalue weighted by Crippen LogP contribution is -2.61. The first-order chi connectivity index (χ1) is 21.2. The number of imidazole rings is 1. The van der Waals surface area contributed by atoms with Gasteiger partial charge >= 0.3 is 5.97 Å². The molecule has 0 spiro atoms. The molecule has 0 aliphatic carbocycles. The van der Waals surface area contributed by atoms with E-state index in [-0.39, 0.29) is 23.8 Å². The van der Waals surface area contributed by atoms with E-state index >= 15 is 0 Å². The number of hydrogen-bond acceptors (Lipinski definition) is 10. The molecule has 0 unspecified atom stereocenters. The highest BCUT2D eigenvalue weighted by molar-refractivity contribution is 5.73. The number of rotatable bonds is 8. The van der Waals surface area contributed by atoms with Gasteiger partial charge in [-0.25, -0.2) is 14.8 Å². The highest BCUT2D eigenvalue weighted by atomic mass is 16.7. The largest absolute Gasteiger partial charge is 0.508 e. The summed E-state index contributed by atoms with van der Waals surface area (Å²) in [5.41, 5.74) is 4.27. The number of aromatic hydroxyl groups is 2. The first-order valence-electron chi connectivity index (χ1n) is 13.8. The molecule has 0 amide bonds. The Hall–Kier alpha value is -5.01. The molecule has 226 valence electrons. The number of benzene rings is 3. The quantitative estimate of drug-likeness (QED) is 0.154. The number of aliphatic hydroxyl groups excluding tert-OH is 3. The molecule has 5 atom stereocenters. The van der Waals surface area contributed by atoms with Gasteiger partial charge in [-0.05, 0) is 47.5 Å². The maximum atomic E-state index is 11.8. The van der Waals surface area contributed by atoms with Crippen LogP contribution in [0.1, 0.15) is 22.5 Å². The van der Waals surface area contributed by atoms with Crippen molar-refractivity contribution in [2.75, 3.05) is 0 Å². The Labute approximate surface area is 250 Å². The van der Waals surface area contributed by atoms with Crippen molar-refractivity contribution >= 4 is 11.6 Å². The second-order valence-electron chi connectivity index (χ2n) is 10.5. The lowest BCUT2D eigenvalue weighted by atomic mass is 9.99. The third-order valence-electron chi connectivity index (χ3n) is 7.43. The predicted molar refractivity (Wildman–Crippen MR) is 155 cm³/mol. The van der Waals surface area contributed by atoms with Crippen molar-refractivity contribution in [3.05, 3.63) is 108 Å². The van der Waals surface area contributed by atoms with Gasteiger partial charge in [0.25, 0.3) is 0 Å². The Morgan fingerprint density at radius 3 is 2.05 bits per heavy atom. The summed E-state index contributed by atoms with van der Waals surface area (Å²) >= 11 is 0. The van der Waals surface area contributed by atoms with Gasteiger partial charge in [0.1, 0.15) is 35.5 Å². The number of phenols is 2. The molecule has 3 heterocycles. The molecule has 1 fully saturated rings. The maximum Gasteiger partial charge on any atom is 0.335 e. The highest BCUT2D eigenvalue weighted by Crippen LogP contribution is 2.33. The number of carboxylic acids is 1. The number of nitrogens with zero attached hydrogens (tertiary/aromatic N) is 3. The van der Waals surface area contributed by atoms with Crippen LogP contribution in [0.3, 0.4) is 0 Å². The van der Waals surface area contributed by atoms with Crippen molar-refractivity contribution < 1.29 is 44.9 Å². The predicted octanol–water partition coefficient (Wildman–Crippen LogP) is 2.26. The van der Waals surface area contributed by atoms with Gasteiger partial charge in [0.05, 0.1) is 11.4 Å². The molecule has 1 saturated heterocycles. The monoisotopic (exact) mass is 599 g/mol. The van der Waals surface area contributed by atoms with Gasteiger partial charge in [0, 0.05) is 24.6 Å². The molecule has 6 rings (SSSR count). The van der Waals surface area contributed by atoms with Gasteiger partial charge < -0.3 is 40.1 Å². The number of aliphatic hydroxyl groups is 3. The van der Waals surface area contributed by atoms with Gasteiger partial charge in [-0.3, -0.25) is 4.40 Å². The molecule has 0 bridgehead atoms. The average Bonchev–Trinajstić information content (AvgIpc) is 3.36. The minimum Gasteiger partial charge on any atom is -0.508 e. The molecule has 2 aromatic heterocycles. The fraction of sp³-hybridized carbons (Fsp3) is 0.219. The van der Waals surface area contributed by atoms with Crippen molar-refractivity contribution in [2.45, 2.75) is 43.5 Å². The number of carboxylic acid groups (broad SMARTS) is 1. The molecule has 1 aliphatic rings. The van der Waals surface area contributed by atoms with Crippen LogP contribution in [0.15, 0.2) is 85.1 Å². The minimum absolute atomic E-state index is 0.0825. The van der Waals surface area contributed by atoms with E-state index in [0.29, 0.717) is 34.7 Å². The van der Waals surface area contributed by atoms with E-state index in [1.807, 2.05) is 30.3 Å². The topological polar surface area (TPSA) is 187 Å². The second-order valence-corrected chi connectivity index (χ2v) is 10.5. The van der Waals surface area contributed by atoms with Crippen LogP contribution >= 0.6 is 0 Å². The number of aromatic nitrogens is 3. The zero-order valence-corrected chi connectivity index (χ0v) is 23.1. The standard InChI is InChI=1S/C32H29N3O9/c36-20-10-6-18(7-11-20)15-23-30(44-32-27(40)25(38)26(39)28(43-32)31(41)42)35-16-24(19-8-12-21(37)13-9-19)33-22(29(35)34-23)14-17-4-2-1-3-5-17/h1-13,16,25-28,32,36-40H,14-15H2,(H,41,42)/t25-,26-,27+,28-,32-/m0/s1. The van der Waals surface area contributed by atoms with Crippen LogP contribution in [0.25, 0.3) is 16.9 Å². The summed E-state index contributed by atoms with van der Waals surface area (Å²) in [6.07, 6.45) is -6.84. The number of fused-ring (bicyclic) bond motifs is 1. The van der Waals surface area contributed by atoms with Crippen LogP contribution in [0, 0.1) is 0 Å². The molecule has 12 heteroatoms. The normalized spacial score (nSPS) is 21.8. The first-order valence-corrected chi connectivity index (χ1v) is 13.8. The van der Waals surface area contributed by atoms with Gasteiger partial charge in [-0.2, -0.15) is 0 Å². The molecule has 1 aliphatic heterocycles. The number of ether oxygens (including phenoxy) is 2. The average molecular weight is 600 g/mol. The molecule has 0 radical (unpaired) electrons. The van der Waals surface area contributed by atoms with Crippen molar-refractivity contribution in [3.63, 3.8) is 0 Å². The summed E-state index contributed by atoms with van der Waals surface area (Å²) in [4.78, 5) is 21.5. The van der Waals surface area contributed by atoms with Crippen LogP contribution in [0.5, 0.6) is 17.4 Å². The number of hydrogen-bond donors (Lipinski definition) is 6. The summed E-state index contributed by atoms with van der Waals surface area (Å²) in [6, 6.07) is 22.6. The van der Waals surface area contributed by atoms with E-state index in [1.165, 1.54) is 24.3 Å². The van der Waals surface area contributed by atoms with Crippen molar-refractivity contribution in [1.29, 1.82) is 0 Å². The van der Waals surface area contributed by atoms with Gasteiger partial charge in [0.2, 0.25) is 12.2 Å². The fourth-order valence-corrected chi connectivity index (χ4v) is 5.12. The molecule has 6 N–H and O–H groups in total. The van der Waals surface area contributed by atoms with Crippen LogP contribution in [-0.2, 0) is 22.4 Å². The van der Waals surface area contributed by atoms with Crippen molar-refractivity contribution in [3.8, 4) is 28.6 Å². The summed E-state index contributed by atoms with van der Waals surface area (Å²) in [7, 11) is 0. The Morgan fingerprint density at radius 2 is 1.39 bits per heavy atom. The van der Waals surface area contributed by atoms with E-state index < -0.39 is 36.7 Å².